The maximum Gasteiger partial charge on any atom is 0.191 e. The van der Waals surface area contributed by atoms with Crippen LogP contribution in [0.3, 0.4) is 0 Å². The summed E-state index contributed by atoms with van der Waals surface area (Å²) in [6.45, 7) is 9.01. The molecule has 4 heteroatoms. The van der Waals surface area contributed by atoms with Crippen LogP contribution in [0.25, 0.3) is 0 Å². The van der Waals surface area contributed by atoms with Crippen LogP contribution in [0, 0.1) is 5.41 Å². The standard InChI is InChI=1S/C18H34N4/c1-3-19-17(20-14-18(2)10-4-5-11-18)21-15-8-12-22(13-9-15)16-6-7-16/h15-16H,3-14H2,1-2H3,(H2,19,20,21). The number of nitrogens with zero attached hydrogens (tertiary/aromatic N) is 2. The molecule has 0 bridgehead atoms. The summed E-state index contributed by atoms with van der Waals surface area (Å²) in [4.78, 5) is 7.59. The van der Waals surface area contributed by atoms with Gasteiger partial charge in [0.2, 0.25) is 0 Å². The Morgan fingerprint density at radius 3 is 2.41 bits per heavy atom. The molecule has 0 unspecified atom stereocenters. The lowest BCUT2D eigenvalue weighted by Crippen LogP contribution is -2.49. The topological polar surface area (TPSA) is 39.7 Å². The van der Waals surface area contributed by atoms with Crippen LogP contribution in [0.1, 0.15) is 65.2 Å². The van der Waals surface area contributed by atoms with E-state index in [1.807, 2.05) is 0 Å². The van der Waals surface area contributed by atoms with E-state index in [9.17, 15) is 0 Å². The molecule has 22 heavy (non-hydrogen) atoms. The number of piperidine rings is 1. The Bertz CT molecular complexity index is 375. The Labute approximate surface area is 136 Å². The average Bonchev–Trinajstić information content (AvgIpc) is 3.28. The second-order valence-electron chi connectivity index (χ2n) is 7.90. The van der Waals surface area contributed by atoms with Gasteiger partial charge in [0.1, 0.15) is 0 Å². The molecule has 0 radical (unpaired) electrons. The second-order valence-corrected chi connectivity index (χ2v) is 7.90. The second kappa shape index (κ2) is 7.20. The molecule has 0 aromatic heterocycles. The van der Waals surface area contributed by atoms with Crippen LogP contribution in [0.15, 0.2) is 4.99 Å². The highest BCUT2D eigenvalue weighted by Gasteiger charge is 2.32. The van der Waals surface area contributed by atoms with E-state index < -0.39 is 0 Å². The minimum Gasteiger partial charge on any atom is -0.357 e. The first-order valence-corrected chi connectivity index (χ1v) is 9.47. The number of nitrogens with one attached hydrogen (secondary N) is 2. The molecule has 0 aromatic rings. The monoisotopic (exact) mass is 306 g/mol. The van der Waals surface area contributed by atoms with E-state index in [1.54, 1.807) is 0 Å². The molecule has 1 saturated heterocycles. The number of likely N-dealkylation sites (tertiary alicyclic amines) is 1. The van der Waals surface area contributed by atoms with Crippen molar-refractivity contribution in [1.82, 2.24) is 15.5 Å². The maximum atomic E-state index is 4.91. The molecule has 2 N–H and O–H groups in total. The van der Waals surface area contributed by atoms with Crippen molar-refractivity contribution >= 4 is 5.96 Å². The number of hydrogen-bond acceptors (Lipinski definition) is 2. The van der Waals surface area contributed by atoms with E-state index in [2.05, 4.69) is 29.4 Å². The van der Waals surface area contributed by atoms with Crippen LogP contribution in [-0.2, 0) is 0 Å². The maximum absolute atomic E-state index is 4.91. The van der Waals surface area contributed by atoms with Gasteiger partial charge < -0.3 is 15.5 Å². The Kier molecular flexibility index (Phi) is 5.27. The van der Waals surface area contributed by atoms with Crippen LogP contribution in [0.5, 0.6) is 0 Å². The first kappa shape index (κ1) is 16.1. The van der Waals surface area contributed by atoms with Gasteiger partial charge >= 0.3 is 0 Å². The third kappa shape index (κ3) is 4.37. The molecule has 4 nitrogen and oxygen atoms in total. The lowest BCUT2D eigenvalue weighted by molar-refractivity contribution is 0.197. The molecule has 0 amide bonds. The summed E-state index contributed by atoms with van der Waals surface area (Å²) < 4.78 is 0. The molecule has 1 aliphatic heterocycles. The SMILES string of the molecule is CCNC(=NCC1(C)CCCC1)NC1CCN(C2CC2)CC1. The van der Waals surface area contributed by atoms with Crippen LogP contribution in [-0.4, -0.2) is 49.1 Å². The van der Waals surface area contributed by atoms with Gasteiger partial charge in [-0.3, -0.25) is 4.99 Å². The fourth-order valence-corrected chi connectivity index (χ4v) is 4.02. The summed E-state index contributed by atoms with van der Waals surface area (Å²) in [5.41, 5.74) is 0.442. The Morgan fingerprint density at radius 1 is 1.14 bits per heavy atom. The van der Waals surface area contributed by atoms with Crippen molar-refractivity contribution < 1.29 is 0 Å². The largest absolute Gasteiger partial charge is 0.357 e. The van der Waals surface area contributed by atoms with Crippen molar-refractivity contribution in [2.45, 2.75) is 77.3 Å². The molecule has 3 rings (SSSR count). The van der Waals surface area contributed by atoms with Gasteiger partial charge in [0.25, 0.3) is 0 Å². The Balaban J connectivity index is 1.48. The summed E-state index contributed by atoms with van der Waals surface area (Å²) in [6, 6.07) is 1.52. The highest BCUT2D eigenvalue weighted by Crippen LogP contribution is 2.37. The van der Waals surface area contributed by atoms with Crippen molar-refractivity contribution in [3.63, 3.8) is 0 Å². The van der Waals surface area contributed by atoms with Gasteiger partial charge in [0, 0.05) is 38.3 Å². The lowest BCUT2D eigenvalue weighted by atomic mass is 9.89. The van der Waals surface area contributed by atoms with Crippen molar-refractivity contribution in [1.29, 1.82) is 0 Å². The molecule has 2 aliphatic carbocycles. The normalized spacial score (nSPS) is 27.1. The van der Waals surface area contributed by atoms with Gasteiger partial charge in [-0.05, 0) is 50.9 Å². The summed E-state index contributed by atoms with van der Waals surface area (Å²) in [5.74, 6) is 1.04. The van der Waals surface area contributed by atoms with Gasteiger partial charge in [0.05, 0.1) is 0 Å². The molecule has 0 atom stereocenters. The fraction of sp³-hybridized carbons (Fsp3) is 0.944. The van der Waals surface area contributed by atoms with Gasteiger partial charge in [-0.1, -0.05) is 19.8 Å². The first-order valence-electron chi connectivity index (χ1n) is 9.47. The zero-order valence-corrected chi connectivity index (χ0v) is 14.5. The van der Waals surface area contributed by atoms with Gasteiger partial charge in [-0.15, -0.1) is 0 Å². The van der Waals surface area contributed by atoms with E-state index >= 15 is 0 Å². The van der Waals surface area contributed by atoms with Crippen molar-refractivity contribution in [3.8, 4) is 0 Å². The smallest absolute Gasteiger partial charge is 0.191 e. The van der Waals surface area contributed by atoms with Crippen molar-refractivity contribution in [3.05, 3.63) is 0 Å². The zero-order valence-electron chi connectivity index (χ0n) is 14.5. The average molecular weight is 306 g/mol. The highest BCUT2D eigenvalue weighted by molar-refractivity contribution is 5.80. The Hall–Kier alpha value is -0.770. The molecule has 3 aliphatic rings. The van der Waals surface area contributed by atoms with Gasteiger partial charge in [0.15, 0.2) is 5.96 Å². The summed E-state index contributed by atoms with van der Waals surface area (Å²) in [7, 11) is 0. The van der Waals surface area contributed by atoms with Crippen LogP contribution in [0.2, 0.25) is 0 Å². The molecule has 1 heterocycles. The van der Waals surface area contributed by atoms with Crippen LogP contribution in [0.4, 0.5) is 0 Å². The van der Waals surface area contributed by atoms with Gasteiger partial charge in [-0.2, -0.15) is 0 Å². The summed E-state index contributed by atoms with van der Waals surface area (Å²) >= 11 is 0. The number of rotatable bonds is 5. The van der Waals surface area contributed by atoms with Crippen molar-refractivity contribution in [2.24, 2.45) is 10.4 Å². The van der Waals surface area contributed by atoms with Crippen molar-refractivity contribution in [2.75, 3.05) is 26.2 Å². The van der Waals surface area contributed by atoms with Gasteiger partial charge in [-0.25, -0.2) is 0 Å². The molecule has 3 fully saturated rings. The summed E-state index contributed by atoms with van der Waals surface area (Å²) in [5, 5.41) is 7.13. The fourth-order valence-electron chi connectivity index (χ4n) is 4.02. The van der Waals surface area contributed by atoms with E-state index in [1.165, 1.54) is 64.5 Å². The molecule has 0 spiro atoms. The molecule has 2 saturated carbocycles. The number of aliphatic imine (C=N–C) groups is 1. The summed E-state index contributed by atoms with van der Waals surface area (Å²) in [6.07, 6.45) is 10.8. The molecular formula is C18H34N4. The Morgan fingerprint density at radius 2 is 1.82 bits per heavy atom. The van der Waals surface area contributed by atoms with E-state index in [0.29, 0.717) is 11.5 Å². The predicted molar refractivity (Wildman–Crippen MR) is 93.3 cm³/mol. The molecular weight excluding hydrogens is 272 g/mol. The van der Waals surface area contributed by atoms with E-state index in [4.69, 9.17) is 4.99 Å². The third-order valence-electron chi connectivity index (χ3n) is 5.71. The lowest BCUT2D eigenvalue weighted by Gasteiger charge is -2.33. The van der Waals surface area contributed by atoms with E-state index in [-0.39, 0.29) is 0 Å². The minimum atomic E-state index is 0.442. The number of guanidine groups is 1. The van der Waals surface area contributed by atoms with E-state index in [0.717, 1.165) is 25.1 Å². The first-order chi connectivity index (χ1) is 10.7. The van der Waals surface area contributed by atoms with Crippen LogP contribution >= 0.6 is 0 Å². The number of hydrogen-bond donors (Lipinski definition) is 2. The molecule has 0 aromatic carbocycles. The predicted octanol–water partition coefficient (Wildman–Crippen LogP) is 2.75. The molecule has 126 valence electrons. The highest BCUT2D eigenvalue weighted by atomic mass is 15.2. The minimum absolute atomic E-state index is 0.442. The quantitative estimate of drug-likeness (QED) is 0.606. The van der Waals surface area contributed by atoms with Crippen LogP contribution < -0.4 is 10.6 Å². The zero-order chi connectivity index (χ0) is 15.4. The third-order valence-corrected chi connectivity index (χ3v) is 5.71.